The van der Waals surface area contributed by atoms with Gasteiger partial charge in [0.25, 0.3) is 0 Å². The molecule has 0 fully saturated rings. The minimum atomic E-state index is 1.27. The molecule has 1 atom stereocenters. The van der Waals surface area contributed by atoms with E-state index in [2.05, 4.69) is 28.1 Å². The van der Waals surface area contributed by atoms with Gasteiger partial charge < -0.3 is 0 Å². The van der Waals surface area contributed by atoms with Crippen LogP contribution in [0.2, 0.25) is 0 Å². The van der Waals surface area contributed by atoms with Crippen LogP contribution in [0.5, 0.6) is 0 Å². The van der Waals surface area contributed by atoms with Gasteiger partial charge in [0, 0.05) is 0 Å². The van der Waals surface area contributed by atoms with Crippen molar-refractivity contribution in [3.8, 4) is 0 Å². The first-order chi connectivity index (χ1) is 14.9. The van der Waals surface area contributed by atoms with Crippen molar-refractivity contribution in [3.05, 3.63) is 11.9 Å². The summed E-state index contributed by atoms with van der Waals surface area (Å²) in [6, 6.07) is 0. The Morgan fingerprint density at radius 1 is 0.367 bits per heavy atom. The molecule has 0 bridgehead atoms. The van der Waals surface area contributed by atoms with Gasteiger partial charge in [0.05, 0.1) is 0 Å². The normalized spacial score (nSPS) is 11.7. The van der Waals surface area contributed by atoms with Gasteiger partial charge in [0.1, 0.15) is 0 Å². The van der Waals surface area contributed by atoms with Crippen molar-refractivity contribution in [2.75, 3.05) is 0 Å². The number of unbranched alkanes of at least 4 members (excludes halogenated alkanes) is 25. The molecular formula is C29H59P. The lowest BCUT2D eigenvalue weighted by atomic mass is 10.0. The minimum absolute atomic E-state index is 1.27. The van der Waals surface area contributed by atoms with Gasteiger partial charge in [-0.2, -0.15) is 0 Å². The van der Waals surface area contributed by atoms with Crippen molar-refractivity contribution in [1.82, 2.24) is 0 Å². The summed E-state index contributed by atoms with van der Waals surface area (Å²) in [6.07, 6.45) is 40.3. The lowest BCUT2D eigenvalue weighted by Gasteiger charge is -2.04. The van der Waals surface area contributed by atoms with E-state index in [1.54, 1.807) is 0 Å². The first-order valence-corrected chi connectivity index (χ1v) is 14.9. The highest BCUT2D eigenvalue weighted by atomic mass is 31.0. The molecule has 180 valence electrons. The summed E-state index contributed by atoms with van der Waals surface area (Å²) in [4.78, 5) is 0. The van der Waals surface area contributed by atoms with Crippen LogP contribution < -0.4 is 0 Å². The van der Waals surface area contributed by atoms with E-state index in [1.807, 2.05) is 0 Å². The SMILES string of the molecule is CCCCCCCCCCCCCCCCCCCCCCCCCCC/C=C/P. The Kier molecular flexibility index (Phi) is 29.3. The fourth-order valence-electron chi connectivity index (χ4n) is 4.50. The Bertz CT molecular complexity index is 309. The molecule has 0 aliphatic carbocycles. The molecular weight excluding hydrogens is 379 g/mol. The maximum absolute atomic E-state index is 2.66. The van der Waals surface area contributed by atoms with Crippen LogP contribution in [0.4, 0.5) is 0 Å². The van der Waals surface area contributed by atoms with Crippen molar-refractivity contribution in [3.63, 3.8) is 0 Å². The Morgan fingerprint density at radius 3 is 0.833 bits per heavy atom. The van der Waals surface area contributed by atoms with Crippen LogP contribution in [-0.2, 0) is 0 Å². The highest BCUT2D eigenvalue weighted by Crippen LogP contribution is 2.16. The molecule has 0 saturated carbocycles. The van der Waals surface area contributed by atoms with Gasteiger partial charge in [-0.15, -0.1) is 9.24 Å². The lowest BCUT2D eigenvalue weighted by molar-refractivity contribution is 0.516. The fourth-order valence-corrected chi connectivity index (χ4v) is 4.69. The third-order valence-corrected chi connectivity index (χ3v) is 6.88. The van der Waals surface area contributed by atoms with Crippen LogP contribution in [0.3, 0.4) is 0 Å². The second-order valence-electron chi connectivity index (χ2n) is 9.70. The quantitative estimate of drug-likeness (QED) is 0.0930. The molecule has 0 amide bonds. The van der Waals surface area contributed by atoms with Gasteiger partial charge in [0.15, 0.2) is 0 Å². The van der Waals surface area contributed by atoms with Crippen molar-refractivity contribution >= 4 is 9.24 Å². The number of hydrogen-bond donors (Lipinski definition) is 0. The van der Waals surface area contributed by atoms with Crippen LogP contribution >= 0.6 is 9.24 Å². The summed E-state index contributed by atoms with van der Waals surface area (Å²) in [7, 11) is 2.66. The summed E-state index contributed by atoms with van der Waals surface area (Å²) in [5, 5.41) is 0. The van der Waals surface area contributed by atoms with E-state index in [1.165, 1.54) is 167 Å². The Balaban J connectivity index is 2.99. The highest BCUT2D eigenvalue weighted by molar-refractivity contribution is 7.20. The maximum atomic E-state index is 2.66. The molecule has 0 radical (unpaired) electrons. The van der Waals surface area contributed by atoms with E-state index in [0.717, 1.165) is 0 Å². The van der Waals surface area contributed by atoms with E-state index >= 15 is 0 Å². The van der Waals surface area contributed by atoms with Gasteiger partial charge in [-0.3, -0.25) is 0 Å². The van der Waals surface area contributed by atoms with Gasteiger partial charge in [-0.05, 0) is 12.8 Å². The first kappa shape index (κ1) is 30.2. The fraction of sp³-hybridized carbons (Fsp3) is 0.931. The van der Waals surface area contributed by atoms with E-state index in [4.69, 9.17) is 0 Å². The van der Waals surface area contributed by atoms with Crippen molar-refractivity contribution in [1.29, 1.82) is 0 Å². The molecule has 0 N–H and O–H groups in total. The molecule has 0 rings (SSSR count). The summed E-state index contributed by atoms with van der Waals surface area (Å²) >= 11 is 0. The Hall–Kier alpha value is 0.170. The molecule has 0 spiro atoms. The molecule has 0 nitrogen and oxygen atoms in total. The molecule has 0 aliphatic rings. The number of rotatable bonds is 26. The average molecular weight is 439 g/mol. The molecule has 1 heteroatoms. The van der Waals surface area contributed by atoms with E-state index in [0.29, 0.717) is 0 Å². The first-order valence-electron chi connectivity index (χ1n) is 14.3. The van der Waals surface area contributed by atoms with Crippen LogP contribution in [0.25, 0.3) is 0 Å². The Morgan fingerprint density at radius 2 is 0.600 bits per heavy atom. The monoisotopic (exact) mass is 438 g/mol. The molecule has 0 aromatic rings. The van der Waals surface area contributed by atoms with E-state index in [9.17, 15) is 0 Å². The van der Waals surface area contributed by atoms with Gasteiger partial charge in [0.2, 0.25) is 0 Å². The van der Waals surface area contributed by atoms with Crippen LogP contribution in [0, 0.1) is 0 Å². The van der Waals surface area contributed by atoms with Crippen molar-refractivity contribution in [2.45, 2.75) is 174 Å². The summed E-state index contributed by atoms with van der Waals surface area (Å²) < 4.78 is 0. The minimum Gasteiger partial charge on any atom is -0.114 e. The lowest BCUT2D eigenvalue weighted by Crippen LogP contribution is -1.84. The molecule has 30 heavy (non-hydrogen) atoms. The molecule has 0 heterocycles. The second-order valence-corrected chi connectivity index (χ2v) is 10.1. The predicted molar refractivity (Wildman–Crippen MR) is 145 cm³/mol. The van der Waals surface area contributed by atoms with Crippen LogP contribution in [-0.4, -0.2) is 0 Å². The maximum Gasteiger partial charge on any atom is -0.0347 e. The zero-order valence-corrected chi connectivity index (χ0v) is 22.3. The summed E-state index contributed by atoms with van der Waals surface area (Å²) in [5.74, 6) is 2.10. The second kappa shape index (κ2) is 29.2. The predicted octanol–water partition coefficient (Wildman–Crippen LogP) is 11.5. The molecule has 0 saturated heterocycles. The van der Waals surface area contributed by atoms with Crippen molar-refractivity contribution < 1.29 is 0 Å². The molecule has 0 aromatic carbocycles. The summed E-state index contributed by atoms with van der Waals surface area (Å²) in [6.45, 7) is 2.30. The van der Waals surface area contributed by atoms with Gasteiger partial charge >= 0.3 is 0 Å². The van der Waals surface area contributed by atoms with E-state index < -0.39 is 0 Å². The topological polar surface area (TPSA) is 0 Å². The molecule has 0 aliphatic heterocycles. The third kappa shape index (κ3) is 28.2. The third-order valence-electron chi connectivity index (χ3n) is 6.61. The van der Waals surface area contributed by atoms with Crippen LogP contribution in [0.1, 0.15) is 174 Å². The highest BCUT2D eigenvalue weighted by Gasteiger charge is 1.96. The average Bonchev–Trinajstić information content (AvgIpc) is 2.76. The molecule has 0 aromatic heterocycles. The standard InChI is InChI=1S/C29H59P/c1-2-3-4-5-6-7-8-9-10-11-12-13-14-15-16-17-18-19-20-21-22-23-24-25-26-27-28-29-30/h28-29H,2-27,30H2,1H3/b29-28+. The van der Waals surface area contributed by atoms with Gasteiger partial charge in [-0.1, -0.05) is 173 Å². The van der Waals surface area contributed by atoms with Crippen molar-refractivity contribution in [2.24, 2.45) is 0 Å². The number of hydrogen-bond acceptors (Lipinski definition) is 0. The Labute approximate surface area is 195 Å². The van der Waals surface area contributed by atoms with E-state index in [-0.39, 0.29) is 0 Å². The van der Waals surface area contributed by atoms with Crippen LogP contribution in [0.15, 0.2) is 11.9 Å². The molecule has 1 unspecified atom stereocenters. The smallest absolute Gasteiger partial charge is 0.0347 e. The zero-order chi connectivity index (χ0) is 21.8. The largest absolute Gasteiger partial charge is 0.114 e. The zero-order valence-electron chi connectivity index (χ0n) is 21.1. The van der Waals surface area contributed by atoms with Gasteiger partial charge in [-0.25, -0.2) is 0 Å². The summed E-state index contributed by atoms with van der Waals surface area (Å²) in [5.41, 5.74) is 0. The number of allylic oxidation sites excluding steroid dienone is 1.